The Labute approximate surface area is 120 Å². The predicted molar refractivity (Wildman–Crippen MR) is 75.0 cm³/mol. The maximum absolute atomic E-state index is 10.6. The second-order valence-electron chi connectivity index (χ2n) is 4.19. The van der Waals surface area contributed by atoms with Crippen molar-refractivity contribution < 1.29 is 9.66 Å². The molecule has 0 bridgehead atoms. The third-order valence-corrected chi connectivity index (χ3v) is 2.93. The highest BCUT2D eigenvalue weighted by Gasteiger charge is 2.13. The van der Waals surface area contributed by atoms with Gasteiger partial charge in [0.25, 0.3) is 5.69 Å². The lowest BCUT2D eigenvalue weighted by Crippen LogP contribution is -2.05. The van der Waals surface area contributed by atoms with Gasteiger partial charge >= 0.3 is 0 Å². The first-order valence-corrected chi connectivity index (χ1v) is 6.18. The van der Waals surface area contributed by atoms with Crippen molar-refractivity contribution in [2.75, 3.05) is 0 Å². The van der Waals surface area contributed by atoms with Gasteiger partial charge in [0.1, 0.15) is 10.8 Å². The molecule has 0 fully saturated rings. The van der Waals surface area contributed by atoms with Crippen LogP contribution in [0.5, 0.6) is 11.6 Å². The topological polar surface area (TPSA) is 91.3 Å². The lowest BCUT2D eigenvalue weighted by Gasteiger charge is -2.07. The summed E-state index contributed by atoms with van der Waals surface area (Å²) in [7, 11) is 0. The molecule has 2 aromatic rings. The Kier molecular flexibility index (Phi) is 4.16. The van der Waals surface area contributed by atoms with E-state index < -0.39 is 4.92 Å². The van der Waals surface area contributed by atoms with Crippen molar-refractivity contribution in [3.8, 4) is 11.6 Å². The number of nitrogens with two attached hydrogens (primary N) is 1. The third-order valence-electron chi connectivity index (χ3n) is 2.62. The minimum atomic E-state index is -0.554. The van der Waals surface area contributed by atoms with Gasteiger partial charge in [-0.15, -0.1) is 0 Å². The van der Waals surface area contributed by atoms with Gasteiger partial charge in [-0.25, -0.2) is 4.98 Å². The molecule has 0 saturated heterocycles. The summed E-state index contributed by atoms with van der Waals surface area (Å²) in [5.41, 5.74) is 6.44. The van der Waals surface area contributed by atoms with E-state index in [2.05, 4.69) is 4.98 Å². The van der Waals surface area contributed by atoms with E-state index in [1.165, 1.54) is 18.2 Å². The van der Waals surface area contributed by atoms with Crippen LogP contribution in [0, 0.1) is 10.1 Å². The average molecular weight is 294 g/mol. The number of ether oxygens (including phenoxy) is 1. The van der Waals surface area contributed by atoms with E-state index in [9.17, 15) is 10.1 Å². The molecule has 0 radical (unpaired) electrons. The molecule has 104 valence electrons. The molecule has 0 spiro atoms. The molecule has 2 rings (SSSR count). The van der Waals surface area contributed by atoms with E-state index in [-0.39, 0.29) is 16.8 Å². The highest BCUT2D eigenvalue weighted by Crippen LogP contribution is 2.30. The fraction of sp³-hybridized carbons (Fsp3) is 0.154. The molecule has 0 amide bonds. The minimum absolute atomic E-state index is 0.0136. The van der Waals surface area contributed by atoms with Crippen LogP contribution >= 0.6 is 11.6 Å². The largest absolute Gasteiger partial charge is 0.439 e. The summed E-state index contributed by atoms with van der Waals surface area (Å²) >= 11 is 5.80. The van der Waals surface area contributed by atoms with E-state index in [0.717, 1.165) is 5.56 Å². The highest BCUT2D eigenvalue weighted by atomic mass is 35.5. The summed E-state index contributed by atoms with van der Waals surface area (Å²) in [6, 6.07) is 7.50. The first-order valence-electron chi connectivity index (χ1n) is 5.80. The third kappa shape index (κ3) is 3.23. The molecule has 1 aromatic carbocycles. The monoisotopic (exact) mass is 293 g/mol. The Morgan fingerprint density at radius 2 is 2.15 bits per heavy atom. The van der Waals surface area contributed by atoms with Gasteiger partial charge in [0.2, 0.25) is 5.88 Å². The molecule has 1 atom stereocenters. The Bertz CT molecular complexity index is 629. The van der Waals surface area contributed by atoms with Crippen LogP contribution in [-0.4, -0.2) is 9.91 Å². The minimum Gasteiger partial charge on any atom is -0.439 e. The normalized spacial score (nSPS) is 11.9. The fourth-order valence-corrected chi connectivity index (χ4v) is 1.78. The number of halogens is 1. The average Bonchev–Trinajstić information content (AvgIpc) is 2.39. The highest BCUT2D eigenvalue weighted by molar-refractivity contribution is 6.32. The molecule has 0 aliphatic rings. The van der Waals surface area contributed by atoms with E-state index in [0.29, 0.717) is 11.6 Å². The molecule has 0 unspecified atom stereocenters. The number of pyridine rings is 1. The van der Waals surface area contributed by atoms with Crippen molar-refractivity contribution in [1.29, 1.82) is 0 Å². The number of rotatable bonds is 4. The molecular formula is C13H12ClN3O3. The van der Waals surface area contributed by atoms with E-state index in [4.69, 9.17) is 22.1 Å². The van der Waals surface area contributed by atoms with Crippen molar-refractivity contribution in [3.05, 3.63) is 57.2 Å². The van der Waals surface area contributed by atoms with Crippen molar-refractivity contribution in [2.45, 2.75) is 13.0 Å². The summed E-state index contributed by atoms with van der Waals surface area (Å²) in [5, 5.41) is 10.7. The summed E-state index contributed by atoms with van der Waals surface area (Å²) in [6.45, 7) is 1.85. The Morgan fingerprint density at radius 1 is 1.40 bits per heavy atom. The number of nitro groups is 1. The standard InChI is InChI=1S/C13H12ClN3O3/c1-8(15)9-2-5-13(16-7-9)20-10-3-4-12(17(18)19)11(14)6-10/h2-8H,15H2,1H3/t8-/m1/s1. The van der Waals surface area contributed by atoms with E-state index in [1.54, 1.807) is 18.3 Å². The van der Waals surface area contributed by atoms with Crippen LogP contribution < -0.4 is 10.5 Å². The van der Waals surface area contributed by atoms with Crippen molar-refractivity contribution in [1.82, 2.24) is 4.98 Å². The van der Waals surface area contributed by atoms with E-state index in [1.807, 2.05) is 6.92 Å². The summed E-state index contributed by atoms with van der Waals surface area (Å²) < 4.78 is 5.47. The molecule has 0 saturated carbocycles. The molecule has 1 heterocycles. The zero-order valence-corrected chi connectivity index (χ0v) is 11.4. The summed E-state index contributed by atoms with van der Waals surface area (Å²) in [6.07, 6.45) is 1.62. The van der Waals surface area contributed by atoms with Gasteiger partial charge in [-0.1, -0.05) is 17.7 Å². The first-order chi connectivity index (χ1) is 9.47. The van der Waals surface area contributed by atoms with Gasteiger partial charge in [-0.2, -0.15) is 0 Å². The molecule has 1 aromatic heterocycles. The van der Waals surface area contributed by atoms with Crippen LogP contribution in [0.2, 0.25) is 5.02 Å². The number of aromatic nitrogens is 1. The maximum Gasteiger partial charge on any atom is 0.288 e. The maximum atomic E-state index is 10.6. The van der Waals surface area contributed by atoms with Crippen LogP contribution in [-0.2, 0) is 0 Å². The molecule has 7 heteroatoms. The van der Waals surface area contributed by atoms with Gasteiger partial charge in [-0.3, -0.25) is 10.1 Å². The number of nitro benzene ring substituents is 1. The predicted octanol–water partition coefficient (Wildman–Crippen LogP) is 3.46. The fourth-order valence-electron chi connectivity index (χ4n) is 1.54. The van der Waals surface area contributed by atoms with Gasteiger partial charge in [-0.05, 0) is 18.6 Å². The molecule has 20 heavy (non-hydrogen) atoms. The number of hydrogen-bond acceptors (Lipinski definition) is 5. The first kappa shape index (κ1) is 14.2. The molecule has 0 aliphatic heterocycles. The van der Waals surface area contributed by atoms with Crippen LogP contribution in [0.15, 0.2) is 36.5 Å². The van der Waals surface area contributed by atoms with Crippen LogP contribution in [0.4, 0.5) is 5.69 Å². The van der Waals surface area contributed by atoms with Gasteiger partial charge in [0.15, 0.2) is 0 Å². The molecule has 6 nitrogen and oxygen atoms in total. The Hall–Kier alpha value is -2.18. The zero-order chi connectivity index (χ0) is 14.7. The second-order valence-corrected chi connectivity index (χ2v) is 4.60. The van der Waals surface area contributed by atoms with Crippen molar-refractivity contribution in [2.24, 2.45) is 5.73 Å². The number of benzene rings is 1. The molecular weight excluding hydrogens is 282 g/mol. The van der Waals surface area contributed by atoms with Crippen LogP contribution in [0.3, 0.4) is 0 Å². The lowest BCUT2D eigenvalue weighted by molar-refractivity contribution is -0.384. The van der Waals surface area contributed by atoms with E-state index >= 15 is 0 Å². The summed E-state index contributed by atoms with van der Waals surface area (Å²) in [5.74, 6) is 0.737. The summed E-state index contributed by atoms with van der Waals surface area (Å²) in [4.78, 5) is 14.2. The quantitative estimate of drug-likeness (QED) is 0.688. The van der Waals surface area contributed by atoms with Gasteiger partial charge in [0, 0.05) is 30.4 Å². The molecule has 2 N–H and O–H groups in total. The van der Waals surface area contributed by atoms with Crippen molar-refractivity contribution in [3.63, 3.8) is 0 Å². The Morgan fingerprint density at radius 3 is 2.65 bits per heavy atom. The van der Waals surface area contributed by atoms with Crippen molar-refractivity contribution >= 4 is 17.3 Å². The van der Waals surface area contributed by atoms with Gasteiger partial charge < -0.3 is 10.5 Å². The zero-order valence-electron chi connectivity index (χ0n) is 10.6. The SMILES string of the molecule is C[C@@H](N)c1ccc(Oc2ccc([N+](=O)[O-])c(Cl)c2)nc1. The molecule has 0 aliphatic carbocycles. The van der Waals surface area contributed by atoms with Crippen LogP contribution in [0.25, 0.3) is 0 Å². The number of nitrogens with zero attached hydrogens (tertiary/aromatic N) is 2. The number of hydrogen-bond donors (Lipinski definition) is 1. The van der Waals surface area contributed by atoms with Crippen LogP contribution in [0.1, 0.15) is 18.5 Å². The lowest BCUT2D eigenvalue weighted by atomic mass is 10.2. The van der Waals surface area contributed by atoms with Gasteiger partial charge in [0.05, 0.1) is 4.92 Å². The smallest absolute Gasteiger partial charge is 0.288 e. The second kappa shape index (κ2) is 5.85. The Balaban J connectivity index is 2.17.